The molecule has 0 fully saturated rings. The SMILES string of the molecule is COC(=O)c1cc2c(C=CCCCCC#N)cccc2s1. The van der Waals surface area contributed by atoms with Crippen molar-refractivity contribution < 1.29 is 9.53 Å². The third-order valence-corrected chi connectivity index (χ3v) is 4.27. The molecule has 108 valence electrons. The molecule has 2 aromatic rings. The highest BCUT2D eigenvalue weighted by molar-refractivity contribution is 7.20. The van der Waals surface area contributed by atoms with Gasteiger partial charge in [0.15, 0.2) is 0 Å². The monoisotopic (exact) mass is 299 g/mol. The van der Waals surface area contributed by atoms with Crippen LogP contribution in [0.5, 0.6) is 0 Å². The Bertz CT molecular complexity index is 694. The van der Waals surface area contributed by atoms with E-state index < -0.39 is 0 Å². The van der Waals surface area contributed by atoms with Gasteiger partial charge in [0.25, 0.3) is 0 Å². The number of esters is 1. The molecule has 0 saturated heterocycles. The van der Waals surface area contributed by atoms with Crippen molar-refractivity contribution in [2.24, 2.45) is 0 Å². The zero-order valence-electron chi connectivity index (χ0n) is 12.0. The molecule has 4 heteroatoms. The van der Waals surface area contributed by atoms with Crippen LogP contribution in [0.2, 0.25) is 0 Å². The molecule has 1 aromatic carbocycles. The third-order valence-electron chi connectivity index (χ3n) is 3.19. The van der Waals surface area contributed by atoms with E-state index in [-0.39, 0.29) is 5.97 Å². The minimum atomic E-state index is -0.289. The van der Waals surface area contributed by atoms with Gasteiger partial charge in [-0.1, -0.05) is 24.3 Å². The van der Waals surface area contributed by atoms with Crippen LogP contribution in [0.3, 0.4) is 0 Å². The largest absolute Gasteiger partial charge is 0.465 e. The number of carbonyl (C=O) groups is 1. The van der Waals surface area contributed by atoms with Crippen LogP contribution < -0.4 is 0 Å². The number of carbonyl (C=O) groups excluding carboxylic acids is 1. The number of benzene rings is 1. The van der Waals surface area contributed by atoms with Crippen LogP contribution in [0.1, 0.15) is 40.9 Å². The number of ether oxygens (including phenoxy) is 1. The summed E-state index contributed by atoms with van der Waals surface area (Å²) in [4.78, 5) is 12.2. The second-order valence-corrected chi connectivity index (χ2v) is 5.75. The molecule has 0 aliphatic rings. The molecule has 0 N–H and O–H groups in total. The van der Waals surface area contributed by atoms with Gasteiger partial charge in [0.05, 0.1) is 13.2 Å². The number of nitrogens with zero attached hydrogens (tertiary/aromatic N) is 1. The van der Waals surface area contributed by atoms with Gasteiger partial charge in [-0.2, -0.15) is 5.26 Å². The van der Waals surface area contributed by atoms with E-state index in [0.29, 0.717) is 11.3 Å². The first kappa shape index (κ1) is 15.3. The molecule has 0 bridgehead atoms. The minimum absolute atomic E-state index is 0.289. The number of fused-ring (bicyclic) bond motifs is 1. The summed E-state index contributed by atoms with van der Waals surface area (Å²) in [6.07, 6.45) is 7.76. The van der Waals surface area contributed by atoms with E-state index in [4.69, 9.17) is 10.00 Å². The molecule has 3 nitrogen and oxygen atoms in total. The Hall–Kier alpha value is -2.12. The zero-order chi connectivity index (χ0) is 15.1. The predicted molar refractivity (Wildman–Crippen MR) is 86.3 cm³/mol. The number of thiophene rings is 1. The van der Waals surface area contributed by atoms with Gasteiger partial charge < -0.3 is 4.74 Å². The number of nitriles is 1. The number of methoxy groups -OCH3 is 1. The van der Waals surface area contributed by atoms with Gasteiger partial charge in [0, 0.05) is 16.5 Å². The topological polar surface area (TPSA) is 50.1 Å². The van der Waals surface area contributed by atoms with Crippen molar-refractivity contribution >= 4 is 33.5 Å². The maximum absolute atomic E-state index is 11.6. The van der Waals surface area contributed by atoms with Crippen LogP contribution in [0.15, 0.2) is 30.3 Å². The minimum Gasteiger partial charge on any atom is -0.465 e. The molecule has 0 amide bonds. The summed E-state index contributed by atoms with van der Waals surface area (Å²) >= 11 is 1.45. The van der Waals surface area contributed by atoms with E-state index in [1.54, 1.807) is 0 Å². The number of allylic oxidation sites excluding steroid dienone is 1. The number of unbranched alkanes of at least 4 members (excludes halogenated alkanes) is 3. The number of rotatable bonds is 6. The van der Waals surface area contributed by atoms with Gasteiger partial charge in [-0.15, -0.1) is 11.3 Å². The van der Waals surface area contributed by atoms with Crippen LogP contribution in [-0.4, -0.2) is 13.1 Å². The molecule has 0 unspecified atom stereocenters. The fourth-order valence-electron chi connectivity index (χ4n) is 2.11. The molecule has 0 aliphatic heterocycles. The average molecular weight is 299 g/mol. The first-order valence-electron chi connectivity index (χ1n) is 6.90. The molecule has 1 heterocycles. The van der Waals surface area contributed by atoms with E-state index in [1.807, 2.05) is 24.3 Å². The Kier molecular flexibility index (Phi) is 5.53. The highest BCUT2D eigenvalue weighted by Gasteiger charge is 2.11. The Morgan fingerprint density at radius 1 is 1.43 bits per heavy atom. The van der Waals surface area contributed by atoms with Crippen LogP contribution >= 0.6 is 11.3 Å². The Labute approximate surface area is 128 Å². The summed E-state index contributed by atoms with van der Waals surface area (Å²) in [5, 5.41) is 9.56. The first-order chi connectivity index (χ1) is 10.3. The quantitative estimate of drug-likeness (QED) is 0.569. The molecular weight excluding hydrogens is 282 g/mol. The third kappa shape index (κ3) is 3.93. The second kappa shape index (κ2) is 7.61. The molecule has 1 aromatic heterocycles. The van der Waals surface area contributed by atoms with Crippen LogP contribution in [0, 0.1) is 11.3 Å². The molecule has 0 atom stereocenters. The molecule has 21 heavy (non-hydrogen) atoms. The highest BCUT2D eigenvalue weighted by Crippen LogP contribution is 2.29. The second-order valence-electron chi connectivity index (χ2n) is 4.67. The fraction of sp³-hybridized carbons (Fsp3) is 0.294. The van der Waals surface area contributed by atoms with Crippen molar-refractivity contribution in [3.05, 3.63) is 40.8 Å². The van der Waals surface area contributed by atoms with Crippen LogP contribution in [0.25, 0.3) is 16.2 Å². The van der Waals surface area contributed by atoms with Gasteiger partial charge in [-0.3, -0.25) is 0 Å². The van der Waals surface area contributed by atoms with E-state index >= 15 is 0 Å². The maximum atomic E-state index is 11.6. The van der Waals surface area contributed by atoms with Gasteiger partial charge in [-0.25, -0.2) is 4.79 Å². The van der Waals surface area contributed by atoms with Crippen LogP contribution in [-0.2, 0) is 4.74 Å². The molecule has 0 spiro atoms. The lowest BCUT2D eigenvalue weighted by atomic mass is 10.1. The van der Waals surface area contributed by atoms with Crippen molar-refractivity contribution in [3.63, 3.8) is 0 Å². The van der Waals surface area contributed by atoms with E-state index in [9.17, 15) is 4.79 Å². The van der Waals surface area contributed by atoms with E-state index in [2.05, 4.69) is 18.2 Å². The summed E-state index contributed by atoms with van der Waals surface area (Å²) in [7, 11) is 1.40. The lowest BCUT2D eigenvalue weighted by molar-refractivity contribution is 0.0606. The van der Waals surface area contributed by atoms with Crippen molar-refractivity contribution in [3.8, 4) is 6.07 Å². The van der Waals surface area contributed by atoms with Crippen LogP contribution in [0.4, 0.5) is 0 Å². The predicted octanol–water partition coefficient (Wildman–Crippen LogP) is 4.79. The lowest BCUT2D eigenvalue weighted by Gasteiger charge is -1.96. The summed E-state index contributed by atoms with van der Waals surface area (Å²) in [6.45, 7) is 0. The smallest absolute Gasteiger partial charge is 0.348 e. The van der Waals surface area contributed by atoms with Crippen molar-refractivity contribution in [1.29, 1.82) is 5.26 Å². The Morgan fingerprint density at radius 2 is 2.29 bits per heavy atom. The van der Waals surface area contributed by atoms with Crippen molar-refractivity contribution in [2.75, 3.05) is 7.11 Å². The normalized spacial score (nSPS) is 10.9. The van der Waals surface area contributed by atoms with E-state index in [1.165, 1.54) is 18.4 Å². The summed E-state index contributed by atoms with van der Waals surface area (Å²) < 4.78 is 5.85. The van der Waals surface area contributed by atoms with E-state index in [0.717, 1.165) is 34.9 Å². The summed E-state index contributed by atoms with van der Waals surface area (Å²) in [5.41, 5.74) is 1.11. The summed E-state index contributed by atoms with van der Waals surface area (Å²) in [6, 6.07) is 10.1. The average Bonchev–Trinajstić information content (AvgIpc) is 2.94. The first-order valence-corrected chi connectivity index (χ1v) is 7.72. The number of hydrogen-bond acceptors (Lipinski definition) is 4. The molecule has 0 saturated carbocycles. The van der Waals surface area contributed by atoms with Gasteiger partial charge >= 0.3 is 5.97 Å². The molecular formula is C17H17NO2S. The van der Waals surface area contributed by atoms with Gasteiger partial charge in [0.1, 0.15) is 4.88 Å². The molecule has 0 aliphatic carbocycles. The van der Waals surface area contributed by atoms with Crippen molar-refractivity contribution in [1.82, 2.24) is 0 Å². The standard InChI is InChI=1S/C17H17NO2S/c1-20-17(19)16-12-14-13(9-7-10-15(14)21-16)8-5-3-2-4-6-11-18/h5,7-10,12H,2-4,6H2,1H3. The Morgan fingerprint density at radius 3 is 3.05 bits per heavy atom. The van der Waals surface area contributed by atoms with Crippen molar-refractivity contribution in [2.45, 2.75) is 25.7 Å². The summed E-state index contributed by atoms with van der Waals surface area (Å²) in [5.74, 6) is -0.289. The highest BCUT2D eigenvalue weighted by atomic mass is 32.1. The molecule has 2 rings (SSSR count). The lowest BCUT2D eigenvalue weighted by Crippen LogP contribution is -1.96. The Balaban J connectivity index is 2.13. The number of hydrogen-bond donors (Lipinski definition) is 0. The zero-order valence-corrected chi connectivity index (χ0v) is 12.8. The van der Waals surface area contributed by atoms with Gasteiger partial charge in [0.2, 0.25) is 0 Å². The maximum Gasteiger partial charge on any atom is 0.348 e. The molecule has 0 radical (unpaired) electrons. The van der Waals surface area contributed by atoms with Gasteiger partial charge in [-0.05, 0) is 37.0 Å². The fourth-order valence-corrected chi connectivity index (χ4v) is 3.12.